The van der Waals surface area contributed by atoms with E-state index in [-0.39, 0.29) is 11.9 Å². The molecule has 126 valence electrons. The lowest BCUT2D eigenvalue weighted by Crippen LogP contribution is -2.38. The van der Waals surface area contributed by atoms with Crippen molar-refractivity contribution in [2.24, 2.45) is 5.92 Å². The highest BCUT2D eigenvalue weighted by Gasteiger charge is 2.36. The molecule has 7 nitrogen and oxygen atoms in total. The molecule has 3 aromatic rings. The standard InChI is InChI=1S/C17H22N6O/c1-3-11-9-22(17(24)18-4-2)10-12(11)14-7-20-15-8-21-16-13(23(14)15)5-6-19-16/h5-8,11-12,19H,3-4,9-10H2,1-2H3,(H,18,24)/t11?,12-/m0/s1. The van der Waals surface area contributed by atoms with Gasteiger partial charge in [-0.2, -0.15) is 0 Å². The first-order chi connectivity index (χ1) is 11.7. The van der Waals surface area contributed by atoms with Crippen molar-refractivity contribution < 1.29 is 4.79 Å². The molecular formula is C17H22N6O. The van der Waals surface area contributed by atoms with E-state index in [2.05, 4.69) is 31.6 Å². The molecule has 1 unspecified atom stereocenters. The van der Waals surface area contributed by atoms with Crippen LogP contribution in [-0.4, -0.2) is 49.9 Å². The van der Waals surface area contributed by atoms with Crippen LogP contribution in [0.3, 0.4) is 0 Å². The lowest BCUT2D eigenvalue weighted by molar-refractivity contribution is 0.207. The van der Waals surface area contributed by atoms with E-state index in [1.54, 1.807) is 6.20 Å². The third-order valence-corrected chi connectivity index (χ3v) is 5.03. The molecule has 2 atom stereocenters. The highest BCUT2D eigenvalue weighted by molar-refractivity contribution is 5.76. The Morgan fingerprint density at radius 2 is 2.21 bits per heavy atom. The van der Waals surface area contributed by atoms with Gasteiger partial charge in [-0.1, -0.05) is 13.3 Å². The van der Waals surface area contributed by atoms with Crippen LogP contribution in [0.1, 0.15) is 31.9 Å². The van der Waals surface area contributed by atoms with Crippen molar-refractivity contribution in [2.45, 2.75) is 26.2 Å². The van der Waals surface area contributed by atoms with Gasteiger partial charge in [0.25, 0.3) is 0 Å². The molecule has 0 aliphatic carbocycles. The molecule has 1 aliphatic rings. The molecule has 7 heteroatoms. The summed E-state index contributed by atoms with van der Waals surface area (Å²) >= 11 is 0. The molecular weight excluding hydrogens is 304 g/mol. The number of rotatable bonds is 3. The van der Waals surface area contributed by atoms with Gasteiger partial charge in [-0.05, 0) is 18.9 Å². The van der Waals surface area contributed by atoms with E-state index < -0.39 is 0 Å². The van der Waals surface area contributed by atoms with Crippen LogP contribution in [0, 0.1) is 5.92 Å². The number of hydrogen-bond acceptors (Lipinski definition) is 3. The number of carbonyl (C=O) groups is 1. The summed E-state index contributed by atoms with van der Waals surface area (Å²) in [6.45, 7) is 6.31. The first-order valence-corrected chi connectivity index (χ1v) is 8.55. The van der Waals surface area contributed by atoms with Crippen LogP contribution in [0.25, 0.3) is 16.8 Å². The van der Waals surface area contributed by atoms with Gasteiger partial charge in [0.15, 0.2) is 11.3 Å². The fraction of sp³-hybridized carbons (Fsp3) is 0.471. The van der Waals surface area contributed by atoms with E-state index >= 15 is 0 Å². The van der Waals surface area contributed by atoms with Crippen molar-refractivity contribution in [1.82, 2.24) is 29.6 Å². The molecule has 0 bridgehead atoms. The quantitative estimate of drug-likeness (QED) is 0.775. The second-order valence-corrected chi connectivity index (χ2v) is 6.36. The van der Waals surface area contributed by atoms with Gasteiger partial charge in [-0.15, -0.1) is 0 Å². The molecule has 0 radical (unpaired) electrons. The SMILES string of the molecule is CCNC(=O)N1CC(CC)[C@@H](c2cnc3cnc4[nH]ccc4n23)C1. The second-order valence-electron chi connectivity index (χ2n) is 6.36. The van der Waals surface area contributed by atoms with Crippen LogP contribution >= 0.6 is 0 Å². The lowest BCUT2D eigenvalue weighted by atomic mass is 9.91. The molecule has 2 amide bonds. The van der Waals surface area contributed by atoms with Crippen LogP contribution in [0.4, 0.5) is 4.79 Å². The number of urea groups is 1. The van der Waals surface area contributed by atoms with E-state index in [1.165, 1.54) is 0 Å². The van der Waals surface area contributed by atoms with E-state index in [9.17, 15) is 4.79 Å². The Morgan fingerprint density at radius 1 is 1.33 bits per heavy atom. The maximum absolute atomic E-state index is 12.2. The average molecular weight is 326 g/mol. The highest BCUT2D eigenvalue weighted by Crippen LogP contribution is 2.35. The fourth-order valence-electron chi connectivity index (χ4n) is 3.80. The van der Waals surface area contributed by atoms with E-state index in [4.69, 9.17) is 0 Å². The average Bonchev–Trinajstić information content (AvgIpc) is 3.30. The van der Waals surface area contributed by atoms with Crippen molar-refractivity contribution >= 4 is 22.8 Å². The number of imidazole rings is 1. The molecule has 4 rings (SSSR count). The number of carbonyl (C=O) groups excluding carboxylic acids is 1. The Kier molecular flexibility index (Phi) is 3.63. The minimum atomic E-state index is 0.0285. The summed E-state index contributed by atoms with van der Waals surface area (Å²) in [5, 5.41) is 2.91. The summed E-state index contributed by atoms with van der Waals surface area (Å²) in [5.74, 6) is 0.725. The van der Waals surface area contributed by atoms with Gasteiger partial charge in [0.1, 0.15) is 0 Å². The van der Waals surface area contributed by atoms with Gasteiger partial charge >= 0.3 is 6.03 Å². The smallest absolute Gasteiger partial charge is 0.317 e. The predicted molar refractivity (Wildman–Crippen MR) is 92.0 cm³/mol. The molecule has 1 saturated heterocycles. The number of nitrogens with one attached hydrogen (secondary N) is 2. The lowest BCUT2D eigenvalue weighted by Gasteiger charge is -2.17. The summed E-state index contributed by atoms with van der Waals surface area (Å²) in [6, 6.07) is 2.05. The molecule has 1 fully saturated rings. The number of fused-ring (bicyclic) bond motifs is 3. The van der Waals surface area contributed by atoms with E-state index in [0.717, 1.165) is 42.0 Å². The van der Waals surface area contributed by atoms with Crippen LogP contribution in [0.2, 0.25) is 0 Å². The third-order valence-electron chi connectivity index (χ3n) is 5.03. The van der Waals surface area contributed by atoms with Crippen molar-refractivity contribution in [2.75, 3.05) is 19.6 Å². The summed E-state index contributed by atoms with van der Waals surface area (Å²) in [7, 11) is 0. The van der Waals surface area contributed by atoms with Crippen LogP contribution in [0.15, 0.2) is 24.7 Å². The van der Waals surface area contributed by atoms with E-state index in [0.29, 0.717) is 12.5 Å². The fourth-order valence-corrected chi connectivity index (χ4v) is 3.80. The number of aromatic nitrogens is 4. The van der Waals surface area contributed by atoms with Gasteiger partial charge in [0.2, 0.25) is 0 Å². The summed E-state index contributed by atoms with van der Waals surface area (Å²) in [4.78, 5) is 26.3. The summed E-state index contributed by atoms with van der Waals surface area (Å²) in [5.41, 5.74) is 3.90. The third kappa shape index (κ3) is 2.23. The zero-order chi connectivity index (χ0) is 16.7. The molecule has 0 aromatic carbocycles. The normalized spacial score (nSPS) is 21.0. The monoisotopic (exact) mass is 326 g/mol. The van der Waals surface area contributed by atoms with Crippen molar-refractivity contribution in [3.05, 3.63) is 30.4 Å². The molecule has 3 aromatic heterocycles. The Labute approximate surface area is 140 Å². The largest absolute Gasteiger partial charge is 0.345 e. The number of hydrogen-bond donors (Lipinski definition) is 2. The van der Waals surface area contributed by atoms with Gasteiger partial charge in [-0.25, -0.2) is 14.8 Å². The van der Waals surface area contributed by atoms with Gasteiger partial charge in [0.05, 0.1) is 11.7 Å². The number of amides is 2. The van der Waals surface area contributed by atoms with Crippen molar-refractivity contribution in [1.29, 1.82) is 0 Å². The zero-order valence-electron chi connectivity index (χ0n) is 14.0. The van der Waals surface area contributed by atoms with Gasteiger partial charge < -0.3 is 15.2 Å². The van der Waals surface area contributed by atoms with Crippen LogP contribution < -0.4 is 5.32 Å². The van der Waals surface area contributed by atoms with Crippen molar-refractivity contribution in [3.8, 4) is 0 Å². The maximum atomic E-state index is 12.2. The number of aromatic amines is 1. The Hall–Kier alpha value is -2.57. The van der Waals surface area contributed by atoms with E-state index in [1.807, 2.05) is 30.3 Å². The number of likely N-dealkylation sites (tertiary alicyclic amines) is 1. The first kappa shape index (κ1) is 15.0. The van der Waals surface area contributed by atoms with Crippen molar-refractivity contribution in [3.63, 3.8) is 0 Å². The topological polar surface area (TPSA) is 78.3 Å². The highest BCUT2D eigenvalue weighted by atomic mass is 16.2. The minimum Gasteiger partial charge on any atom is -0.345 e. The molecule has 4 heterocycles. The molecule has 0 spiro atoms. The maximum Gasteiger partial charge on any atom is 0.317 e. The van der Waals surface area contributed by atoms with Crippen LogP contribution in [0.5, 0.6) is 0 Å². The first-order valence-electron chi connectivity index (χ1n) is 8.55. The van der Waals surface area contributed by atoms with Gasteiger partial charge in [0, 0.05) is 43.6 Å². The summed E-state index contributed by atoms with van der Waals surface area (Å²) in [6.07, 6.45) is 6.67. The zero-order valence-corrected chi connectivity index (χ0v) is 14.0. The molecule has 24 heavy (non-hydrogen) atoms. The molecule has 2 N–H and O–H groups in total. The Balaban J connectivity index is 1.76. The molecule has 0 saturated carbocycles. The Morgan fingerprint density at radius 3 is 3.00 bits per heavy atom. The minimum absolute atomic E-state index is 0.0285. The predicted octanol–water partition coefficient (Wildman–Crippen LogP) is 2.37. The molecule has 1 aliphatic heterocycles. The van der Waals surface area contributed by atoms with Gasteiger partial charge in [-0.3, -0.25) is 4.40 Å². The second kappa shape index (κ2) is 5.81. The van der Waals surface area contributed by atoms with Crippen LogP contribution in [-0.2, 0) is 0 Å². The number of H-pyrrole nitrogens is 1. The summed E-state index contributed by atoms with van der Waals surface area (Å²) < 4.78 is 2.17. The Bertz CT molecular complexity index is 882. The number of nitrogens with zero attached hydrogens (tertiary/aromatic N) is 4.